The fourth-order valence-corrected chi connectivity index (χ4v) is 1.40. The van der Waals surface area contributed by atoms with Crippen LogP contribution in [0, 0.1) is 6.92 Å². The summed E-state index contributed by atoms with van der Waals surface area (Å²) in [5.74, 6) is 0. The minimum atomic E-state index is -4.27. The van der Waals surface area contributed by atoms with Crippen molar-refractivity contribution in [3.05, 3.63) is 17.5 Å². The third-order valence-electron chi connectivity index (χ3n) is 2.14. The highest BCUT2D eigenvalue weighted by atomic mass is 19.4. The van der Waals surface area contributed by atoms with Gasteiger partial charge < -0.3 is 0 Å². The van der Waals surface area contributed by atoms with Crippen molar-refractivity contribution in [1.29, 1.82) is 0 Å². The second-order valence-electron chi connectivity index (χ2n) is 3.35. The van der Waals surface area contributed by atoms with Gasteiger partial charge in [0.2, 0.25) is 0 Å². The van der Waals surface area contributed by atoms with Gasteiger partial charge in [0.25, 0.3) is 0 Å². The largest absolute Gasteiger partial charge is 0.433 e. The maximum absolute atomic E-state index is 12.5. The molecule has 0 aromatic carbocycles. The molecule has 0 atom stereocenters. The second-order valence-corrected chi connectivity index (χ2v) is 3.35. The summed E-state index contributed by atoms with van der Waals surface area (Å²) >= 11 is 0. The zero-order valence-corrected chi connectivity index (χ0v) is 7.10. The molecule has 0 saturated heterocycles. The molecule has 2 nitrogen and oxygen atoms in total. The fraction of sp³-hybridized carbons (Fsp3) is 0.625. The summed E-state index contributed by atoms with van der Waals surface area (Å²) < 4.78 is 38.5. The van der Waals surface area contributed by atoms with E-state index in [-0.39, 0.29) is 11.6 Å². The average Bonchev–Trinajstić information content (AvgIpc) is 2.73. The van der Waals surface area contributed by atoms with Gasteiger partial charge in [0.05, 0.1) is 12.2 Å². The molecular formula is C8H9F3N2. The highest BCUT2D eigenvalue weighted by Gasteiger charge is 2.40. The topological polar surface area (TPSA) is 17.8 Å². The number of nitrogens with zero attached hydrogens (tertiary/aromatic N) is 2. The molecule has 0 aliphatic heterocycles. The van der Waals surface area contributed by atoms with Crippen LogP contribution in [0.4, 0.5) is 13.2 Å². The molecular weight excluding hydrogens is 181 g/mol. The van der Waals surface area contributed by atoms with Crippen LogP contribution in [0.5, 0.6) is 0 Å². The third kappa shape index (κ3) is 1.43. The van der Waals surface area contributed by atoms with Crippen LogP contribution in [0.25, 0.3) is 0 Å². The van der Waals surface area contributed by atoms with Crippen LogP contribution in [-0.2, 0) is 6.18 Å². The Hall–Kier alpha value is -1.00. The van der Waals surface area contributed by atoms with Gasteiger partial charge in [-0.3, -0.25) is 4.68 Å². The molecule has 1 heterocycles. The van der Waals surface area contributed by atoms with Crippen molar-refractivity contribution in [1.82, 2.24) is 9.78 Å². The van der Waals surface area contributed by atoms with Crippen LogP contribution < -0.4 is 0 Å². The Morgan fingerprint density at radius 3 is 2.54 bits per heavy atom. The standard InChI is InChI=1S/C8H9F3N2/c1-5-4-12-13(6-2-3-6)7(5)8(9,10)11/h4,6H,2-3H2,1H3. The number of aryl methyl sites for hydroxylation is 1. The molecule has 0 radical (unpaired) electrons. The SMILES string of the molecule is Cc1cnn(C2CC2)c1C(F)(F)F. The number of halogens is 3. The minimum Gasteiger partial charge on any atom is -0.257 e. The van der Waals surface area contributed by atoms with E-state index in [1.165, 1.54) is 13.1 Å². The summed E-state index contributed by atoms with van der Waals surface area (Å²) in [5.41, 5.74) is -0.380. The molecule has 1 aromatic heterocycles. The van der Waals surface area contributed by atoms with Crippen LogP contribution in [0.3, 0.4) is 0 Å². The average molecular weight is 190 g/mol. The normalized spacial score (nSPS) is 17.8. The van der Waals surface area contributed by atoms with Gasteiger partial charge >= 0.3 is 6.18 Å². The quantitative estimate of drug-likeness (QED) is 0.665. The zero-order chi connectivity index (χ0) is 9.64. The molecule has 1 aliphatic rings. The van der Waals surface area contributed by atoms with E-state index in [0.29, 0.717) is 0 Å². The highest BCUT2D eigenvalue weighted by molar-refractivity contribution is 5.20. The summed E-state index contributed by atoms with van der Waals surface area (Å²) in [6.07, 6.45) is -1.38. The Morgan fingerprint density at radius 1 is 1.46 bits per heavy atom. The molecule has 13 heavy (non-hydrogen) atoms. The summed E-state index contributed by atoms with van der Waals surface area (Å²) in [5, 5.41) is 3.74. The first-order valence-corrected chi connectivity index (χ1v) is 4.11. The third-order valence-corrected chi connectivity index (χ3v) is 2.14. The van der Waals surface area contributed by atoms with Crippen LogP contribution in [0.1, 0.15) is 30.1 Å². The van der Waals surface area contributed by atoms with Gasteiger partial charge in [0.15, 0.2) is 0 Å². The summed E-state index contributed by atoms with van der Waals surface area (Å²) in [7, 11) is 0. The molecule has 0 spiro atoms. The van der Waals surface area contributed by atoms with Crippen molar-refractivity contribution >= 4 is 0 Å². The molecule has 0 bridgehead atoms. The number of rotatable bonds is 1. The summed E-state index contributed by atoms with van der Waals surface area (Å²) in [6.45, 7) is 1.44. The molecule has 2 rings (SSSR count). The van der Waals surface area contributed by atoms with Gasteiger partial charge in [-0.1, -0.05) is 0 Å². The van der Waals surface area contributed by atoms with Gasteiger partial charge in [-0.15, -0.1) is 0 Å². The lowest BCUT2D eigenvalue weighted by molar-refractivity contribution is -0.144. The Bertz CT molecular complexity index is 323. The zero-order valence-electron chi connectivity index (χ0n) is 7.10. The first-order chi connectivity index (χ1) is 6.00. The van der Waals surface area contributed by atoms with Crippen molar-refractivity contribution in [2.75, 3.05) is 0 Å². The first-order valence-electron chi connectivity index (χ1n) is 4.11. The van der Waals surface area contributed by atoms with E-state index in [4.69, 9.17) is 0 Å². The van der Waals surface area contributed by atoms with Crippen molar-refractivity contribution in [2.45, 2.75) is 32.0 Å². The van der Waals surface area contributed by atoms with Crippen molar-refractivity contribution < 1.29 is 13.2 Å². The summed E-state index contributed by atoms with van der Waals surface area (Å²) in [6, 6.07) is -0.0228. The van der Waals surface area contributed by atoms with E-state index in [2.05, 4.69) is 5.10 Å². The predicted octanol–water partition coefficient (Wildman–Crippen LogP) is 2.55. The van der Waals surface area contributed by atoms with Crippen molar-refractivity contribution in [3.63, 3.8) is 0 Å². The Balaban J connectivity index is 2.46. The van der Waals surface area contributed by atoms with Crippen LogP contribution in [0.15, 0.2) is 6.20 Å². The van der Waals surface area contributed by atoms with Gasteiger partial charge in [0.1, 0.15) is 5.69 Å². The monoisotopic (exact) mass is 190 g/mol. The number of hydrogen-bond acceptors (Lipinski definition) is 1. The highest BCUT2D eigenvalue weighted by Crippen LogP contribution is 2.40. The van der Waals surface area contributed by atoms with Gasteiger partial charge in [-0.2, -0.15) is 18.3 Å². The van der Waals surface area contributed by atoms with Gasteiger partial charge in [-0.25, -0.2) is 0 Å². The molecule has 1 saturated carbocycles. The molecule has 72 valence electrons. The fourth-order valence-electron chi connectivity index (χ4n) is 1.40. The van der Waals surface area contributed by atoms with E-state index < -0.39 is 11.9 Å². The molecule has 0 unspecified atom stereocenters. The van der Waals surface area contributed by atoms with Gasteiger partial charge in [-0.05, 0) is 25.3 Å². The number of alkyl halides is 3. The lowest BCUT2D eigenvalue weighted by Gasteiger charge is -2.10. The van der Waals surface area contributed by atoms with Crippen LogP contribution in [0.2, 0.25) is 0 Å². The maximum Gasteiger partial charge on any atom is 0.433 e. The second kappa shape index (κ2) is 2.49. The summed E-state index contributed by atoms with van der Waals surface area (Å²) in [4.78, 5) is 0. The lowest BCUT2D eigenvalue weighted by atomic mass is 10.2. The number of aromatic nitrogens is 2. The van der Waals surface area contributed by atoms with Crippen molar-refractivity contribution in [2.24, 2.45) is 0 Å². The van der Waals surface area contributed by atoms with E-state index in [9.17, 15) is 13.2 Å². The molecule has 1 fully saturated rings. The van der Waals surface area contributed by atoms with E-state index in [1.807, 2.05) is 0 Å². The Labute approximate surface area is 73.4 Å². The van der Waals surface area contributed by atoms with Crippen molar-refractivity contribution in [3.8, 4) is 0 Å². The molecule has 0 N–H and O–H groups in total. The van der Waals surface area contributed by atoms with Gasteiger partial charge in [0, 0.05) is 0 Å². The Morgan fingerprint density at radius 2 is 2.08 bits per heavy atom. The number of hydrogen-bond donors (Lipinski definition) is 0. The smallest absolute Gasteiger partial charge is 0.257 e. The molecule has 0 amide bonds. The van der Waals surface area contributed by atoms with E-state index in [1.54, 1.807) is 0 Å². The van der Waals surface area contributed by atoms with Crippen LogP contribution >= 0.6 is 0 Å². The van der Waals surface area contributed by atoms with E-state index >= 15 is 0 Å². The molecule has 1 aromatic rings. The van der Waals surface area contributed by atoms with E-state index in [0.717, 1.165) is 17.5 Å². The minimum absolute atomic E-state index is 0.0228. The maximum atomic E-state index is 12.5. The lowest BCUT2D eigenvalue weighted by Crippen LogP contribution is -2.14. The molecule has 1 aliphatic carbocycles. The first kappa shape index (κ1) is 8.59. The predicted molar refractivity (Wildman–Crippen MR) is 40.2 cm³/mol. The Kier molecular flexibility index (Phi) is 1.65. The van der Waals surface area contributed by atoms with Crippen LogP contribution in [-0.4, -0.2) is 9.78 Å². The molecule has 5 heteroatoms.